The topological polar surface area (TPSA) is 116 Å². The van der Waals surface area contributed by atoms with E-state index in [0.717, 1.165) is 34.7 Å². The monoisotopic (exact) mass is 481 g/mol. The van der Waals surface area contributed by atoms with Crippen LogP contribution in [0.1, 0.15) is 23.8 Å². The van der Waals surface area contributed by atoms with Crippen molar-refractivity contribution in [3.05, 3.63) is 77.0 Å². The van der Waals surface area contributed by atoms with E-state index in [4.69, 9.17) is 0 Å². The molecule has 10 nitrogen and oxygen atoms in total. The van der Waals surface area contributed by atoms with E-state index in [-0.39, 0.29) is 5.91 Å². The number of hydrogen-bond donors (Lipinski definition) is 1. The van der Waals surface area contributed by atoms with Crippen molar-refractivity contribution in [1.29, 1.82) is 0 Å². The molecule has 0 aliphatic heterocycles. The molecule has 0 bridgehead atoms. The van der Waals surface area contributed by atoms with Crippen molar-refractivity contribution < 1.29 is 4.79 Å². The van der Waals surface area contributed by atoms with Gasteiger partial charge in [0.05, 0.1) is 6.04 Å². The molecule has 0 spiro atoms. The van der Waals surface area contributed by atoms with Gasteiger partial charge in [0, 0.05) is 21.7 Å². The molecule has 1 amide bonds. The predicted octanol–water partition coefficient (Wildman–Crippen LogP) is 4.03. The molecule has 0 saturated heterocycles. The Labute approximate surface area is 203 Å². The van der Waals surface area contributed by atoms with Gasteiger partial charge >= 0.3 is 0 Å². The van der Waals surface area contributed by atoms with Gasteiger partial charge in [0.25, 0.3) is 5.91 Å². The van der Waals surface area contributed by atoms with Crippen LogP contribution in [-0.2, 0) is 4.79 Å². The standard InChI is InChI=1S/C24H19N9OS/c34-24(25-18-10-8-17(9-11-18)22-26-28-30-32(22)19-12-13-19)21(15-20-7-4-14-35-20)33-23(27-29-31-33)16-5-2-1-3-6-16/h1-11,14-15,19H,12-13H2,(H,25,34)/b21-15-. The van der Waals surface area contributed by atoms with Crippen molar-refractivity contribution in [1.82, 2.24) is 40.4 Å². The molecule has 2 aromatic carbocycles. The van der Waals surface area contributed by atoms with Crippen LogP contribution in [0.2, 0.25) is 0 Å². The van der Waals surface area contributed by atoms with Crippen LogP contribution in [0, 0.1) is 0 Å². The van der Waals surface area contributed by atoms with E-state index in [1.165, 1.54) is 16.0 Å². The molecule has 0 unspecified atom stereocenters. The highest BCUT2D eigenvalue weighted by Crippen LogP contribution is 2.36. The van der Waals surface area contributed by atoms with E-state index < -0.39 is 0 Å². The van der Waals surface area contributed by atoms with Crippen molar-refractivity contribution in [2.24, 2.45) is 0 Å². The molecule has 1 aliphatic rings. The summed E-state index contributed by atoms with van der Waals surface area (Å²) in [6.07, 6.45) is 3.96. The molecule has 0 radical (unpaired) electrons. The van der Waals surface area contributed by atoms with Crippen LogP contribution in [0.3, 0.4) is 0 Å². The summed E-state index contributed by atoms with van der Waals surface area (Å²) < 4.78 is 3.32. The molecule has 35 heavy (non-hydrogen) atoms. The normalized spacial score (nSPS) is 13.7. The van der Waals surface area contributed by atoms with Gasteiger partial charge in [0.15, 0.2) is 11.6 Å². The lowest BCUT2D eigenvalue weighted by atomic mass is 10.2. The number of carbonyl (C=O) groups excluding carboxylic acids is 1. The van der Waals surface area contributed by atoms with Gasteiger partial charge in [0.2, 0.25) is 0 Å². The van der Waals surface area contributed by atoms with Gasteiger partial charge in [-0.05, 0) is 75.5 Å². The minimum atomic E-state index is -0.335. The van der Waals surface area contributed by atoms with Gasteiger partial charge in [-0.25, -0.2) is 4.68 Å². The minimum Gasteiger partial charge on any atom is -0.321 e. The lowest BCUT2D eigenvalue weighted by Gasteiger charge is -2.11. The van der Waals surface area contributed by atoms with E-state index >= 15 is 0 Å². The number of thiophene rings is 1. The maximum absolute atomic E-state index is 13.5. The molecule has 11 heteroatoms. The molecular weight excluding hydrogens is 462 g/mol. The first kappa shape index (κ1) is 21.1. The zero-order valence-electron chi connectivity index (χ0n) is 18.4. The molecule has 0 atom stereocenters. The largest absolute Gasteiger partial charge is 0.321 e. The summed E-state index contributed by atoms with van der Waals surface area (Å²) in [7, 11) is 0. The number of carbonyl (C=O) groups is 1. The van der Waals surface area contributed by atoms with Crippen LogP contribution < -0.4 is 5.32 Å². The van der Waals surface area contributed by atoms with E-state index in [0.29, 0.717) is 23.3 Å². The zero-order chi connectivity index (χ0) is 23.6. The van der Waals surface area contributed by atoms with Gasteiger partial charge in [-0.2, -0.15) is 4.68 Å². The van der Waals surface area contributed by atoms with Crippen molar-refractivity contribution in [3.63, 3.8) is 0 Å². The molecule has 1 N–H and O–H groups in total. The maximum Gasteiger partial charge on any atom is 0.274 e. The summed E-state index contributed by atoms with van der Waals surface area (Å²) in [6, 6.07) is 21.2. The highest BCUT2D eigenvalue weighted by Gasteiger charge is 2.28. The smallest absolute Gasteiger partial charge is 0.274 e. The molecular formula is C24H19N9OS. The third kappa shape index (κ3) is 4.36. The predicted molar refractivity (Wildman–Crippen MR) is 132 cm³/mol. The van der Waals surface area contributed by atoms with Crippen molar-refractivity contribution in [2.75, 3.05) is 5.32 Å². The van der Waals surface area contributed by atoms with Crippen LogP contribution in [-0.4, -0.2) is 46.3 Å². The molecule has 3 aromatic heterocycles. The van der Waals surface area contributed by atoms with Crippen LogP contribution in [0.25, 0.3) is 34.5 Å². The number of anilines is 1. The molecule has 3 heterocycles. The SMILES string of the molecule is O=C(Nc1ccc(-c2nnnn2C2CC2)cc1)/C(=C/c1cccs1)n1nnnc1-c1ccccc1. The molecule has 5 aromatic rings. The highest BCUT2D eigenvalue weighted by atomic mass is 32.1. The van der Waals surface area contributed by atoms with Crippen molar-refractivity contribution >= 4 is 34.7 Å². The average molecular weight is 482 g/mol. The Hall–Kier alpha value is -4.51. The van der Waals surface area contributed by atoms with E-state index in [9.17, 15) is 4.79 Å². The lowest BCUT2D eigenvalue weighted by molar-refractivity contribution is -0.111. The van der Waals surface area contributed by atoms with E-state index in [2.05, 4.69) is 36.4 Å². The first-order valence-electron chi connectivity index (χ1n) is 11.1. The zero-order valence-corrected chi connectivity index (χ0v) is 19.2. The number of hydrogen-bond acceptors (Lipinski definition) is 8. The molecule has 1 saturated carbocycles. The van der Waals surface area contributed by atoms with Gasteiger partial charge in [-0.3, -0.25) is 4.79 Å². The Kier molecular flexibility index (Phi) is 5.43. The minimum absolute atomic E-state index is 0.304. The summed E-state index contributed by atoms with van der Waals surface area (Å²) in [4.78, 5) is 14.4. The summed E-state index contributed by atoms with van der Waals surface area (Å²) in [5, 5.41) is 29.1. The van der Waals surface area contributed by atoms with Crippen molar-refractivity contribution in [3.8, 4) is 22.8 Å². The Morgan fingerprint density at radius 3 is 2.37 bits per heavy atom. The summed E-state index contributed by atoms with van der Waals surface area (Å²) in [5.41, 5.74) is 2.63. The number of nitrogens with zero attached hydrogens (tertiary/aromatic N) is 8. The number of aromatic nitrogens is 8. The van der Waals surface area contributed by atoms with Gasteiger partial charge in [-0.15, -0.1) is 21.5 Å². The van der Waals surface area contributed by atoms with Crippen LogP contribution in [0.5, 0.6) is 0 Å². The number of amides is 1. The number of tetrazole rings is 2. The summed E-state index contributed by atoms with van der Waals surface area (Å²) in [5.74, 6) is 0.870. The number of benzene rings is 2. The van der Waals surface area contributed by atoms with E-state index in [1.807, 2.05) is 76.8 Å². The van der Waals surface area contributed by atoms with Crippen LogP contribution >= 0.6 is 11.3 Å². The number of rotatable bonds is 7. The Morgan fingerprint density at radius 1 is 0.886 bits per heavy atom. The number of nitrogens with one attached hydrogen (secondary N) is 1. The fraction of sp³-hybridized carbons (Fsp3) is 0.125. The third-order valence-electron chi connectivity index (χ3n) is 5.57. The summed E-state index contributed by atoms with van der Waals surface area (Å²) >= 11 is 1.52. The van der Waals surface area contributed by atoms with Crippen LogP contribution in [0.15, 0.2) is 72.1 Å². The molecule has 1 aliphatic carbocycles. The second kappa shape index (κ2) is 9.03. The Bertz CT molecular complexity index is 1480. The Balaban J connectivity index is 1.30. The second-order valence-electron chi connectivity index (χ2n) is 8.04. The fourth-order valence-corrected chi connectivity index (χ4v) is 4.35. The molecule has 6 rings (SSSR count). The van der Waals surface area contributed by atoms with E-state index in [1.54, 1.807) is 6.08 Å². The average Bonchev–Trinajstić information content (AvgIpc) is 3.28. The summed E-state index contributed by atoms with van der Waals surface area (Å²) in [6.45, 7) is 0. The first-order chi connectivity index (χ1) is 17.3. The fourth-order valence-electron chi connectivity index (χ4n) is 3.69. The lowest BCUT2D eigenvalue weighted by Crippen LogP contribution is -2.19. The van der Waals surface area contributed by atoms with Gasteiger partial charge in [-0.1, -0.05) is 36.4 Å². The molecule has 1 fully saturated rings. The first-order valence-corrected chi connectivity index (χ1v) is 11.9. The van der Waals surface area contributed by atoms with Gasteiger partial charge in [0.1, 0.15) is 5.70 Å². The van der Waals surface area contributed by atoms with Gasteiger partial charge < -0.3 is 5.32 Å². The highest BCUT2D eigenvalue weighted by molar-refractivity contribution is 7.10. The maximum atomic E-state index is 13.5. The van der Waals surface area contributed by atoms with Crippen molar-refractivity contribution in [2.45, 2.75) is 18.9 Å². The third-order valence-corrected chi connectivity index (χ3v) is 6.39. The Morgan fingerprint density at radius 2 is 1.63 bits per heavy atom. The quantitative estimate of drug-likeness (QED) is 0.349. The van der Waals surface area contributed by atoms with Crippen LogP contribution in [0.4, 0.5) is 5.69 Å². The molecule has 172 valence electrons. The second-order valence-corrected chi connectivity index (χ2v) is 9.01.